The van der Waals surface area contributed by atoms with E-state index in [2.05, 4.69) is 39.1 Å². The van der Waals surface area contributed by atoms with Crippen molar-refractivity contribution in [2.75, 3.05) is 12.3 Å². The van der Waals surface area contributed by atoms with Crippen LogP contribution in [0.4, 0.5) is 0 Å². The van der Waals surface area contributed by atoms with Gasteiger partial charge in [-0.1, -0.05) is 6.08 Å². The number of nitrogens with one attached hydrogen (secondary N) is 1. The number of nitrogens with zero attached hydrogens (tertiary/aromatic N) is 1. The summed E-state index contributed by atoms with van der Waals surface area (Å²) in [5, 5.41) is 10.0. The average Bonchev–Trinajstić information content (AvgIpc) is 3.06. The van der Waals surface area contributed by atoms with E-state index in [-0.39, 0.29) is 5.91 Å². The smallest absolute Gasteiger partial charge is 0.230 e. The van der Waals surface area contributed by atoms with E-state index in [0.717, 1.165) is 16.5 Å². The van der Waals surface area contributed by atoms with Crippen LogP contribution in [0.25, 0.3) is 10.6 Å². The molecular formula is C13H14N2OS3. The molecule has 2 rings (SSSR count). The van der Waals surface area contributed by atoms with E-state index in [1.807, 2.05) is 0 Å². The molecule has 0 atom stereocenters. The molecule has 100 valence electrons. The van der Waals surface area contributed by atoms with Crippen LogP contribution in [0.15, 0.2) is 34.9 Å². The van der Waals surface area contributed by atoms with Crippen molar-refractivity contribution in [3.8, 4) is 10.6 Å². The molecule has 6 heteroatoms. The molecular weight excluding hydrogens is 296 g/mol. The van der Waals surface area contributed by atoms with Gasteiger partial charge in [-0.15, -0.1) is 29.7 Å². The number of amides is 1. The molecule has 1 N–H and O–H groups in total. The Kier molecular flexibility index (Phi) is 5.62. The number of thiophene rings is 1. The highest BCUT2D eigenvalue weighted by Crippen LogP contribution is 2.26. The SMILES string of the molecule is C=CCNC(=O)CSCc1csc(-c2ccsc2)n1. The number of hydrogen-bond acceptors (Lipinski definition) is 5. The number of carbonyl (C=O) groups is 1. The van der Waals surface area contributed by atoms with Crippen molar-refractivity contribution < 1.29 is 4.79 Å². The molecule has 0 aliphatic heterocycles. The summed E-state index contributed by atoms with van der Waals surface area (Å²) in [5.74, 6) is 1.26. The van der Waals surface area contributed by atoms with Crippen LogP contribution in [0.1, 0.15) is 5.69 Å². The second-order valence-corrected chi connectivity index (χ2v) is 6.37. The summed E-state index contributed by atoms with van der Waals surface area (Å²) in [7, 11) is 0. The topological polar surface area (TPSA) is 42.0 Å². The quantitative estimate of drug-likeness (QED) is 0.797. The van der Waals surface area contributed by atoms with Crippen LogP contribution in [-0.2, 0) is 10.5 Å². The van der Waals surface area contributed by atoms with E-state index in [1.165, 1.54) is 5.56 Å². The largest absolute Gasteiger partial charge is 0.352 e. The standard InChI is InChI=1S/C13H14N2OS3/c1-2-4-14-12(16)9-18-7-11-8-19-13(15-11)10-3-5-17-6-10/h2-3,5-6,8H,1,4,7,9H2,(H,14,16). The Morgan fingerprint density at radius 1 is 1.53 bits per heavy atom. The number of carbonyl (C=O) groups excluding carboxylic acids is 1. The summed E-state index contributed by atoms with van der Waals surface area (Å²) in [6.45, 7) is 4.08. The summed E-state index contributed by atoms with van der Waals surface area (Å²) in [6, 6.07) is 2.07. The van der Waals surface area contributed by atoms with Gasteiger partial charge in [-0.2, -0.15) is 11.3 Å². The molecule has 0 saturated heterocycles. The van der Waals surface area contributed by atoms with Gasteiger partial charge >= 0.3 is 0 Å². The van der Waals surface area contributed by atoms with Gasteiger partial charge in [0.15, 0.2) is 0 Å². The van der Waals surface area contributed by atoms with Gasteiger partial charge in [0.2, 0.25) is 5.91 Å². The molecule has 2 aromatic rings. The third kappa shape index (κ3) is 4.49. The molecule has 3 nitrogen and oxygen atoms in total. The number of hydrogen-bond donors (Lipinski definition) is 1. The number of rotatable bonds is 7. The molecule has 0 bridgehead atoms. The lowest BCUT2D eigenvalue weighted by atomic mass is 10.4. The lowest BCUT2D eigenvalue weighted by molar-refractivity contribution is -0.118. The van der Waals surface area contributed by atoms with E-state index in [9.17, 15) is 4.79 Å². The molecule has 0 unspecified atom stereocenters. The zero-order valence-corrected chi connectivity index (χ0v) is 12.7. The van der Waals surface area contributed by atoms with Crippen molar-refractivity contribution in [3.63, 3.8) is 0 Å². The Hall–Kier alpha value is -1.11. The summed E-state index contributed by atoms with van der Waals surface area (Å²) < 4.78 is 0. The van der Waals surface area contributed by atoms with E-state index in [1.54, 1.807) is 40.5 Å². The second kappa shape index (κ2) is 7.47. The average molecular weight is 310 g/mol. The monoisotopic (exact) mass is 310 g/mol. The van der Waals surface area contributed by atoms with Crippen molar-refractivity contribution in [1.82, 2.24) is 10.3 Å². The number of thiazole rings is 1. The first-order chi connectivity index (χ1) is 9.29. The fourth-order valence-corrected chi connectivity index (χ4v) is 3.76. The number of thioether (sulfide) groups is 1. The van der Waals surface area contributed by atoms with Crippen LogP contribution in [0, 0.1) is 0 Å². The Morgan fingerprint density at radius 3 is 3.16 bits per heavy atom. The van der Waals surface area contributed by atoms with Crippen LogP contribution >= 0.6 is 34.4 Å². The molecule has 0 aliphatic carbocycles. The third-order valence-corrected chi connectivity index (χ3v) is 4.84. The molecule has 2 aromatic heterocycles. The van der Waals surface area contributed by atoms with Crippen LogP contribution < -0.4 is 5.32 Å². The maximum Gasteiger partial charge on any atom is 0.230 e. The first kappa shape index (κ1) is 14.3. The minimum Gasteiger partial charge on any atom is -0.352 e. The van der Waals surface area contributed by atoms with E-state index in [4.69, 9.17) is 0 Å². The molecule has 2 heterocycles. The Morgan fingerprint density at radius 2 is 2.42 bits per heavy atom. The Balaban J connectivity index is 1.78. The van der Waals surface area contributed by atoms with Crippen molar-refractivity contribution >= 4 is 40.3 Å². The summed E-state index contributed by atoms with van der Waals surface area (Å²) in [5.41, 5.74) is 2.21. The van der Waals surface area contributed by atoms with Crippen molar-refractivity contribution in [3.05, 3.63) is 40.6 Å². The molecule has 0 saturated carbocycles. The van der Waals surface area contributed by atoms with E-state index < -0.39 is 0 Å². The van der Waals surface area contributed by atoms with Crippen molar-refractivity contribution in [1.29, 1.82) is 0 Å². The maximum absolute atomic E-state index is 11.4. The highest BCUT2D eigenvalue weighted by atomic mass is 32.2. The normalized spacial score (nSPS) is 10.3. The lowest BCUT2D eigenvalue weighted by Crippen LogP contribution is -2.24. The lowest BCUT2D eigenvalue weighted by Gasteiger charge is -2.00. The van der Waals surface area contributed by atoms with Crippen molar-refractivity contribution in [2.24, 2.45) is 0 Å². The Bertz CT molecular complexity index is 534. The van der Waals surface area contributed by atoms with Gasteiger partial charge in [-0.3, -0.25) is 4.79 Å². The third-order valence-electron chi connectivity index (χ3n) is 2.25. The second-order valence-electron chi connectivity index (χ2n) is 3.74. The van der Waals surface area contributed by atoms with Crippen LogP contribution in [0.2, 0.25) is 0 Å². The van der Waals surface area contributed by atoms with Crippen LogP contribution in [0.3, 0.4) is 0 Å². The van der Waals surface area contributed by atoms with Gasteiger partial charge in [0.1, 0.15) is 5.01 Å². The van der Waals surface area contributed by atoms with Crippen molar-refractivity contribution in [2.45, 2.75) is 5.75 Å². The van der Waals surface area contributed by atoms with Crippen LogP contribution in [0.5, 0.6) is 0 Å². The maximum atomic E-state index is 11.4. The van der Waals surface area contributed by atoms with E-state index >= 15 is 0 Å². The predicted molar refractivity (Wildman–Crippen MR) is 84.8 cm³/mol. The fourth-order valence-electron chi connectivity index (χ4n) is 1.38. The highest BCUT2D eigenvalue weighted by Gasteiger charge is 2.06. The van der Waals surface area contributed by atoms with Crippen LogP contribution in [-0.4, -0.2) is 23.2 Å². The van der Waals surface area contributed by atoms with Gasteiger partial charge in [-0.25, -0.2) is 4.98 Å². The number of aromatic nitrogens is 1. The zero-order valence-electron chi connectivity index (χ0n) is 10.3. The highest BCUT2D eigenvalue weighted by molar-refractivity contribution is 7.99. The first-order valence-corrected chi connectivity index (χ1v) is 8.69. The van der Waals surface area contributed by atoms with E-state index in [0.29, 0.717) is 12.3 Å². The van der Waals surface area contributed by atoms with Gasteiger partial charge < -0.3 is 5.32 Å². The molecule has 0 radical (unpaired) electrons. The summed E-state index contributed by atoms with van der Waals surface area (Å²) in [4.78, 5) is 16.0. The van der Waals surface area contributed by atoms with Gasteiger partial charge in [0.25, 0.3) is 0 Å². The van der Waals surface area contributed by atoms with Gasteiger partial charge in [0.05, 0.1) is 11.4 Å². The first-order valence-electron chi connectivity index (χ1n) is 5.72. The molecule has 0 spiro atoms. The molecule has 0 aliphatic rings. The summed E-state index contributed by atoms with van der Waals surface area (Å²) >= 11 is 4.90. The van der Waals surface area contributed by atoms with Gasteiger partial charge in [-0.05, 0) is 11.4 Å². The molecule has 19 heavy (non-hydrogen) atoms. The molecule has 0 aromatic carbocycles. The molecule has 0 fully saturated rings. The summed E-state index contributed by atoms with van der Waals surface area (Å²) in [6.07, 6.45) is 1.68. The predicted octanol–water partition coefficient (Wildman–Crippen LogP) is 3.41. The minimum atomic E-state index is 0.0400. The Labute approximate surface area is 124 Å². The van der Waals surface area contributed by atoms with Gasteiger partial charge in [0, 0.05) is 28.6 Å². The molecule has 1 amide bonds. The fraction of sp³-hybridized carbons (Fsp3) is 0.231. The zero-order chi connectivity index (χ0) is 13.5. The minimum absolute atomic E-state index is 0.0400.